The lowest BCUT2D eigenvalue weighted by atomic mass is 10.2. The van der Waals surface area contributed by atoms with E-state index in [1.165, 1.54) is 18.3 Å². The van der Waals surface area contributed by atoms with Crippen LogP contribution in [0.4, 0.5) is 11.4 Å². The molecule has 23 heavy (non-hydrogen) atoms. The van der Waals surface area contributed by atoms with E-state index in [2.05, 4.69) is 41.9 Å². The van der Waals surface area contributed by atoms with Gasteiger partial charge in [-0.05, 0) is 28.1 Å². The molecule has 0 spiro atoms. The van der Waals surface area contributed by atoms with Crippen molar-refractivity contribution in [2.45, 2.75) is 6.92 Å². The summed E-state index contributed by atoms with van der Waals surface area (Å²) in [6.45, 7) is 2.20. The topological polar surface area (TPSA) is 143 Å². The lowest BCUT2D eigenvalue weighted by Gasteiger charge is -2.09. The van der Waals surface area contributed by atoms with E-state index >= 15 is 0 Å². The average Bonchev–Trinajstić information content (AvgIpc) is 3.04. The molecule has 0 fully saturated rings. The number of ether oxygens (including phenoxy) is 1. The van der Waals surface area contributed by atoms with E-state index in [0.717, 1.165) is 0 Å². The number of nitro groups is 1. The molecule has 0 saturated heterocycles. The molecule has 0 bridgehead atoms. The van der Waals surface area contributed by atoms with Gasteiger partial charge in [0.05, 0.1) is 16.0 Å². The van der Waals surface area contributed by atoms with Gasteiger partial charge in [-0.3, -0.25) is 10.1 Å². The standard InChI is InChI=1S/C12H10BrN7O3/c1-2-23-11-4-9(10(20(21)22)3-8(11)13)15-6-7(5-14)12-16-18-19-17-12/h3-4,6,15H,2H2,1H3,(H,16,17,18,19). The van der Waals surface area contributed by atoms with Crippen molar-refractivity contribution in [3.8, 4) is 11.8 Å². The van der Waals surface area contributed by atoms with Crippen LogP contribution in [0.25, 0.3) is 5.57 Å². The molecule has 0 amide bonds. The molecule has 0 aliphatic heterocycles. The number of nitrogens with zero attached hydrogens (tertiary/aromatic N) is 5. The minimum Gasteiger partial charge on any atom is -0.493 e. The van der Waals surface area contributed by atoms with E-state index in [9.17, 15) is 10.1 Å². The number of tetrazole rings is 1. The van der Waals surface area contributed by atoms with Gasteiger partial charge in [0.25, 0.3) is 5.69 Å². The molecule has 0 aliphatic carbocycles. The van der Waals surface area contributed by atoms with Crippen LogP contribution in [-0.2, 0) is 0 Å². The summed E-state index contributed by atoms with van der Waals surface area (Å²) in [5.74, 6) is 0.511. The third kappa shape index (κ3) is 3.80. The molecule has 0 radical (unpaired) electrons. The van der Waals surface area contributed by atoms with Crippen LogP contribution >= 0.6 is 15.9 Å². The van der Waals surface area contributed by atoms with Crippen LogP contribution in [0.2, 0.25) is 0 Å². The Hall–Kier alpha value is -3.00. The minimum atomic E-state index is -0.545. The number of anilines is 1. The zero-order valence-electron chi connectivity index (χ0n) is 11.8. The summed E-state index contributed by atoms with van der Waals surface area (Å²) in [6, 6.07) is 4.66. The van der Waals surface area contributed by atoms with E-state index < -0.39 is 4.92 Å². The Morgan fingerprint density at radius 3 is 3.00 bits per heavy atom. The maximum Gasteiger partial charge on any atom is 0.294 e. The van der Waals surface area contributed by atoms with Crippen LogP contribution in [0, 0.1) is 21.4 Å². The third-order valence-corrected chi connectivity index (χ3v) is 3.25. The molecule has 1 aromatic heterocycles. The van der Waals surface area contributed by atoms with E-state index in [4.69, 9.17) is 10.00 Å². The highest BCUT2D eigenvalue weighted by atomic mass is 79.9. The summed E-state index contributed by atoms with van der Waals surface area (Å²) in [4.78, 5) is 10.6. The number of rotatable bonds is 6. The van der Waals surface area contributed by atoms with Crippen LogP contribution in [0.5, 0.6) is 5.75 Å². The lowest BCUT2D eigenvalue weighted by molar-refractivity contribution is -0.384. The first-order valence-electron chi connectivity index (χ1n) is 6.28. The van der Waals surface area contributed by atoms with Crippen LogP contribution in [0.3, 0.4) is 0 Å². The quantitative estimate of drug-likeness (QED) is 0.441. The SMILES string of the molecule is CCOc1cc(NC=C(C#N)c2nn[nH]n2)c([N+](=O)[O-])cc1Br. The Bertz CT molecular complexity index is 783. The third-order valence-electron chi connectivity index (χ3n) is 2.63. The molecule has 10 nitrogen and oxygen atoms in total. The molecule has 0 saturated carbocycles. The molecule has 2 N–H and O–H groups in total. The number of halogens is 1. The Kier molecular flexibility index (Phi) is 5.21. The molecule has 0 unspecified atom stereocenters. The first kappa shape index (κ1) is 16.4. The van der Waals surface area contributed by atoms with Crippen molar-refractivity contribution >= 4 is 32.9 Å². The smallest absolute Gasteiger partial charge is 0.294 e. The van der Waals surface area contributed by atoms with Gasteiger partial charge in [0.2, 0.25) is 5.82 Å². The fraction of sp³-hybridized carbons (Fsp3) is 0.167. The lowest BCUT2D eigenvalue weighted by Crippen LogP contribution is -2.00. The Morgan fingerprint density at radius 1 is 1.65 bits per heavy atom. The highest BCUT2D eigenvalue weighted by Crippen LogP contribution is 2.36. The number of nitriles is 1. The fourth-order valence-electron chi connectivity index (χ4n) is 1.65. The first-order chi connectivity index (χ1) is 11.1. The maximum atomic E-state index is 11.2. The van der Waals surface area contributed by atoms with Crippen LogP contribution in [-0.4, -0.2) is 32.2 Å². The molecule has 1 heterocycles. The zero-order chi connectivity index (χ0) is 16.8. The summed E-state index contributed by atoms with van der Waals surface area (Å²) in [5, 5.41) is 35.9. The monoisotopic (exact) mass is 379 g/mol. The number of allylic oxidation sites excluding steroid dienone is 1. The summed E-state index contributed by atoms with van der Waals surface area (Å²) in [5.41, 5.74) is 0.0498. The van der Waals surface area contributed by atoms with Gasteiger partial charge in [-0.15, -0.1) is 10.2 Å². The Labute approximate surface area is 138 Å². The van der Waals surface area contributed by atoms with Gasteiger partial charge in [-0.1, -0.05) is 0 Å². The highest BCUT2D eigenvalue weighted by Gasteiger charge is 2.18. The normalized spacial score (nSPS) is 10.9. The van der Waals surface area contributed by atoms with Crippen molar-refractivity contribution < 1.29 is 9.66 Å². The fourth-order valence-corrected chi connectivity index (χ4v) is 2.09. The predicted molar refractivity (Wildman–Crippen MR) is 83.4 cm³/mol. The second kappa shape index (κ2) is 7.32. The number of nitrogens with one attached hydrogen (secondary N) is 2. The summed E-state index contributed by atoms with van der Waals surface area (Å²) < 4.78 is 5.84. The van der Waals surface area contributed by atoms with Crippen LogP contribution < -0.4 is 10.1 Å². The largest absolute Gasteiger partial charge is 0.493 e. The molecule has 0 atom stereocenters. The number of aromatic amines is 1. The van der Waals surface area contributed by atoms with Crippen molar-refractivity contribution in [1.82, 2.24) is 20.6 Å². The van der Waals surface area contributed by atoms with E-state index in [1.54, 1.807) is 6.92 Å². The zero-order valence-corrected chi connectivity index (χ0v) is 13.4. The maximum absolute atomic E-state index is 11.2. The van der Waals surface area contributed by atoms with Gasteiger partial charge in [-0.2, -0.15) is 10.5 Å². The van der Waals surface area contributed by atoms with Crippen LogP contribution in [0.1, 0.15) is 12.7 Å². The molecular weight excluding hydrogens is 370 g/mol. The van der Waals surface area contributed by atoms with Crippen molar-refractivity contribution in [1.29, 1.82) is 5.26 Å². The van der Waals surface area contributed by atoms with Crippen molar-refractivity contribution in [2.75, 3.05) is 11.9 Å². The number of aromatic nitrogens is 4. The van der Waals surface area contributed by atoms with Crippen molar-refractivity contribution in [3.63, 3.8) is 0 Å². The highest BCUT2D eigenvalue weighted by molar-refractivity contribution is 9.10. The van der Waals surface area contributed by atoms with Crippen molar-refractivity contribution in [2.24, 2.45) is 0 Å². The van der Waals surface area contributed by atoms with Crippen molar-refractivity contribution in [3.05, 3.63) is 38.7 Å². The number of nitro benzene ring substituents is 1. The average molecular weight is 380 g/mol. The number of H-pyrrole nitrogens is 1. The van der Waals surface area contributed by atoms with Gasteiger partial charge in [-0.25, -0.2) is 0 Å². The Morgan fingerprint density at radius 2 is 2.43 bits per heavy atom. The summed E-state index contributed by atoms with van der Waals surface area (Å²) in [6.07, 6.45) is 1.26. The molecule has 2 aromatic rings. The molecule has 0 aliphatic rings. The van der Waals surface area contributed by atoms with E-state index in [-0.39, 0.29) is 22.8 Å². The van der Waals surface area contributed by atoms with Gasteiger partial charge >= 0.3 is 0 Å². The minimum absolute atomic E-state index is 0.0638. The summed E-state index contributed by atoms with van der Waals surface area (Å²) >= 11 is 3.22. The molecular formula is C12H10BrN7O3. The number of hydrogen-bond donors (Lipinski definition) is 2. The summed E-state index contributed by atoms with van der Waals surface area (Å²) in [7, 11) is 0. The van der Waals surface area contributed by atoms with E-state index in [0.29, 0.717) is 16.8 Å². The molecule has 2 rings (SSSR count). The second-order valence-electron chi connectivity index (χ2n) is 4.04. The second-order valence-corrected chi connectivity index (χ2v) is 4.89. The van der Waals surface area contributed by atoms with Gasteiger partial charge in [0, 0.05) is 18.3 Å². The molecule has 118 valence electrons. The van der Waals surface area contributed by atoms with Crippen LogP contribution in [0.15, 0.2) is 22.8 Å². The predicted octanol–water partition coefficient (Wildman–Crippen LogP) is 2.25. The van der Waals surface area contributed by atoms with E-state index in [1.807, 2.05) is 6.07 Å². The number of benzene rings is 1. The molecule has 1 aromatic carbocycles. The first-order valence-corrected chi connectivity index (χ1v) is 7.07. The van der Waals surface area contributed by atoms with Gasteiger partial charge in [0.15, 0.2) is 0 Å². The Balaban J connectivity index is 2.39. The number of hydrogen-bond acceptors (Lipinski definition) is 8. The molecule has 11 heteroatoms. The van der Waals surface area contributed by atoms with Gasteiger partial charge < -0.3 is 10.1 Å². The van der Waals surface area contributed by atoms with Gasteiger partial charge in [0.1, 0.15) is 23.1 Å².